The van der Waals surface area contributed by atoms with Crippen LogP contribution in [0.2, 0.25) is 0 Å². The second-order valence-electron chi connectivity index (χ2n) is 5.24. The molecule has 1 aliphatic rings. The minimum atomic E-state index is 0.694. The van der Waals surface area contributed by atoms with Crippen LogP contribution in [0, 0.1) is 5.92 Å². The van der Waals surface area contributed by atoms with E-state index in [0.29, 0.717) is 6.61 Å². The molecule has 0 radical (unpaired) electrons. The summed E-state index contributed by atoms with van der Waals surface area (Å²) in [5.74, 6) is 0.915. The van der Waals surface area contributed by atoms with Gasteiger partial charge >= 0.3 is 0 Å². The molecule has 2 heteroatoms. The molecule has 0 bridgehead atoms. The zero-order valence-corrected chi connectivity index (χ0v) is 11.7. The third-order valence-electron chi connectivity index (χ3n) is 3.65. The van der Waals surface area contributed by atoms with Crippen LogP contribution >= 0.6 is 0 Å². The molecule has 0 saturated heterocycles. The molecule has 0 heterocycles. The van der Waals surface area contributed by atoms with E-state index in [1.807, 2.05) is 18.2 Å². The summed E-state index contributed by atoms with van der Waals surface area (Å²) >= 11 is 0. The van der Waals surface area contributed by atoms with Crippen molar-refractivity contribution >= 4 is 6.08 Å². The van der Waals surface area contributed by atoms with Gasteiger partial charge in [-0.25, -0.2) is 0 Å². The highest BCUT2D eigenvalue weighted by Crippen LogP contribution is 2.23. The highest BCUT2D eigenvalue weighted by Gasteiger charge is 2.13. The first kappa shape index (κ1) is 14.3. The lowest BCUT2D eigenvalue weighted by molar-refractivity contribution is 0.163. The van der Waals surface area contributed by atoms with Gasteiger partial charge in [0.25, 0.3) is 0 Å². The summed E-state index contributed by atoms with van der Waals surface area (Å²) in [5, 5.41) is 3.49. The monoisotopic (exact) mass is 259 g/mol. The lowest BCUT2D eigenvalue weighted by Crippen LogP contribution is -2.25. The quantitative estimate of drug-likeness (QED) is 0.722. The first-order valence-electron chi connectivity index (χ1n) is 7.45. The van der Waals surface area contributed by atoms with Crippen LogP contribution in [0.15, 0.2) is 36.4 Å². The molecule has 2 rings (SSSR count). The minimum absolute atomic E-state index is 0.694. The molecular formula is C17H25NO. The lowest BCUT2D eigenvalue weighted by Gasteiger charge is -2.10. The Morgan fingerprint density at radius 3 is 2.74 bits per heavy atom. The molecule has 1 N–H and O–H groups in total. The summed E-state index contributed by atoms with van der Waals surface area (Å²) in [6.07, 6.45) is 9.85. The van der Waals surface area contributed by atoms with Crippen LogP contribution < -0.4 is 5.32 Å². The van der Waals surface area contributed by atoms with E-state index in [1.54, 1.807) is 0 Å². The van der Waals surface area contributed by atoms with Crippen LogP contribution in [0.1, 0.15) is 31.2 Å². The summed E-state index contributed by atoms with van der Waals surface area (Å²) in [6, 6.07) is 10.3. The maximum atomic E-state index is 5.57. The molecule has 0 aromatic heterocycles. The van der Waals surface area contributed by atoms with Gasteiger partial charge in [-0.1, -0.05) is 55.3 Å². The fourth-order valence-corrected chi connectivity index (χ4v) is 2.56. The van der Waals surface area contributed by atoms with Crippen LogP contribution in [0.25, 0.3) is 6.08 Å². The van der Waals surface area contributed by atoms with Crippen LogP contribution in [-0.2, 0) is 4.74 Å². The number of rotatable bonds is 8. The molecule has 1 aromatic carbocycles. The average Bonchev–Trinajstić information content (AvgIpc) is 2.96. The van der Waals surface area contributed by atoms with E-state index < -0.39 is 0 Å². The van der Waals surface area contributed by atoms with Crippen molar-refractivity contribution in [1.82, 2.24) is 5.32 Å². The highest BCUT2D eigenvalue weighted by atomic mass is 16.5. The van der Waals surface area contributed by atoms with E-state index in [9.17, 15) is 0 Å². The zero-order valence-electron chi connectivity index (χ0n) is 11.7. The summed E-state index contributed by atoms with van der Waals surface area (Å²) in [7, 11) is 0. The van der Waals surface area contributed by atoms with E-state index in [4.69, 9.17) is 4.74 Å². The van der Waals surface area contributed by atoms with Gasteiger partial charge in [-0.3, -0.25) is 0 Å². The van der Waals surface area contributed by atoms with Crippen molar-refractivity contribution in [2.45, 2.75) is 25.7 Å². The third-order valence-corrected chi connectivity index (χ3v) is 3.65. The Labute approximate surface area is 116 Å². The molecule has 19 heavy (non-hydrogen) atoms. The highest BCUT2D eigenvalue weighted by molar-refractivity contribution is 5.48. The number of hydrogen-bond donors (Lipinski definition) is 1. The van der Waals surface area contributed by atoms with E-state index in [1.165, 1.54) is 37.8 Å². The van der Waals surface area contributed by atoms with E-state index >= 15 is 0 Å². The van der Waals surface area contributed by atoms with Crippen molar-refractivity contribution in [2.24, 2.45) is 5.92 Å². The van der Waals surface area contributed by atoms with Gasteiger partial charge in [0, 0.05) is 6.54 Å². The predicted molar refractivity (Wildman–Crippen MR) is 81.1 cm³/mol. The van der Waals surface area contributed by atoms with Gasteiger partial charge in [0.15, 0.2) is 0 Å². The first-order chi connectivity index (χ1) is 9.45. The van der Waals surface area contributed by atoms with Crippen LogP contribution in [-0.4, -0.2) is 26.3 Å². The van der Waals surface area contributed by atoms with Crippen molar-refractivity contribution in [3.05, 3.63) is 42.0 Å². The third kappa shape index (κ3) is 6.04. The van der Waals surface area contributed by atoms with Crippen LogP contribution in [0.4, 0.5) is 0 Å². The summed E-state index contributed by atoms with van der Waals surface area (Å²) in [4.78, 5) is 0. The normalized spacial score (nSPS) is 16.4. The zero-order chi connectivity index (χ0) is 13.2. The minimum Gasteiger partial charge on any atom is -0.376 e. The van der Waals surface area contributed by atoms with Crippen molar-refractivity contribution in [3.63, 3.8) is 0 Å². The molecule has 2 nitrogen and oxygen atoms in total. The van der Waals surface area contributed by atoms with Gasteiger partial charge in [0.2, 0.25) is 0 Å². The SMILES string of the molecule is C(=Cc1ccccc1)COCCNCC1CCCC1. The number of benzene rings is 1. The maximum Gasteiger partial charge on any atom is 0.0651 e. The van der Waals surface area contributed by atoms with E-state index in [2.05, 4.69) is 29.6 Å². The van der Waals surface area contributed by atoms with Gasteiger partial charge < -0.3 is 10.1 Å². The number of ether oxygens (including phenoxy) is 1. The van der Waals surface area contributed by atoms with Gasteiger partial charge in [-0.15, -0.1) is 0 Å². The maximum absolute atomic E-state index is 5.57. The largest absolute Gasteiger partial charge is 0.376 e. The predicted octanol–water partition coefficient (Wildman–Crippen LogP) is 3.50. The average molecular weight is 259 g/mol. The number of nitrogens with one attached hydrogen (secondary N) is 1. The molecule has 104 valence electrons. The fourth-order valence-electron chi connectivity index (χ4n) is 2.56. The molecule has 1 aliphatic carbocycles. The van der Waals surface area contributed by atoms with Crippen LogP contribution in [0.3, 0.4) is 0 Å². The molecule has 0 unspecified atom stereocenters. The van der Waals surface area contributed by atoms with Gasteiger partial charge in [-0.05, 0) is 30.9 Å². The Hall–Kier alpha value is -1.12. The van der Waals surface area contributed by atoms with Crippen molar-refractivity contribution < 1.29 is 4.74 Å². The molecule has 0 atom stereocenters. The molecular weight excluding hydrogens is 234 g/mol. The molecule has 0 spiro atoms. The smallest absolute Gasteiger partial charge is 0.0651 e. The molecule has 1 saturated carbocycles. The Morgan fingerprint density at radius 1 is 1.16 bits per heavy atom. The Morgan fingerprint density at radius 2 is 1.95 bits per heavy atom. The second-order valence-corrected chi connectivity index (χ2v) is 5.24. The van der Waals surface area contributed by atoms with Gasteiger partial charge in [0.1, 0.15) is 0 Å². The van der Waals surface area contributed by atoms with Gasteiger partial charge in [0.05, 0.1) is 13.2 Å². The first-order valence-corrected chi connectivity index (χ1v) is 7.45. The van der Waals surface area contributed by atoms with Gasteiger partial charge in [-0.2, -0.15) is 0 Å². The fraction of sp³-hybridized carbons (Fsp3) is 0.529. The Balaban J connectivity index is 1.45. The van der Waals surface area contributed by atoms with E-state index in [0.717, 1.165) is 19.1 Å². The van der Waals surface area contributed by atoms with Crippen molar-refractivity contribution in [1.29, 1.82) is 0 Å². The van der Waals surface area contributed by atoms with Crippen molar-refractivity contribution in [3.8, 4) is 0 Å². The molecule has 0 amide bonds. The molecule has 1 aromatic rings. The Kier molecular flexibility index (Phi) is 6.69. The standard InChI is InChI=1S/C17H25NO/c1-2-7-16(8-3-1)11-6-13-19-14-12-18-15-17-9-4-5-10-17/h1-3,6-8,11,17-18H,4-5,9-10,12-15H2. The summed E-state index contributed by atoms with van der Waals surface area (Å²) in [6.45, 7) is 3.63. The van der Waals surface area contributed by atoms with Crippen LogP contribution in [0.5, 0.6) is 0 Å². The molecule has 0 aliphatic heterocycles. The number of hydrogen-bond acceptors (Lipinski definition) is 2. The lowest BCUT2D eigenvalue weighted by atomic mass is 10.1. The summed E-state index contributed by atoms with van der Waals surface area (Å²) < 4.78 is 5.57. The second kappa shape index (κ2) is 8.89. The Bertz CT molecular complexity index is 355. The topological polar surface area (TPSA) is 21.3 Å². The molecule has 1 fully saturated rings. The summed E-state index contributed by atoms with van der Waals surface area (Å²) in [5.41, 5.74) is 1.23. The van der Waals surface area contributed by atoms with Crippen molar-refractivity contribution in [2.75, 3.05) is 26.3 Å². The van der Waals surface area contributed by atoms with E-state index in [-0.39, 0.29) is 0 Å².